The predicted octanol–water partition coefficient (Wildman–Crippen LogP) is 4.11. The summed E-state index contributed by atoms with van der Waals surface area (Å²) in [5.74, 6) is -0.253. The maximum Gasteiger partial charge on any atom is 0.271 e. The Morgan fingerprint density at radius 3 is 2.43 bits per heavy atom. The van der Waals surface area contributed by atoms with Crippen LogP contribution in [0.4, 0.5) is 0 Å². The van der Waals surface area contributed by atoms with E-state index in [2.05, 4.69) is 22.7 Å². The molecule has 0 saturated carbocycles. The van der Waals surface area contributed by atoms with Crippen molar-refractivity contribution in [3.05, 3.63) is 69.7 Å². The van der Waals surface area contributed by atoms with Crippen LogP contribution in [-0.2, 0) is 0 Å². The van der Waals surface area contributed by atoms with E-state index in [0.29, 0.717) is 10.6 Å². The molecule has 108 valence electrons. The summed E-state index contributed by atoms with van der Waals surface area (Å²) in [6.07, 6.45) is 0. The number of hydrogen-bond donors (Lipinski definition) is 1. The second-order valence-corrected chi connectivity index (χ2v) is 5.40. The highest BCUT2D eigenvalue weighted by Crippen LogP contribution is 2.12. The summed E-state index contributed by atoms with van der Waals surface area (Å²) in [5.41, 5.74) is 7.19. The molecule has 2 rings (SSSR count). The second-order valence-electron chi connectivity index (χ2n) is 4.96. The molecule has 2 aromatic carbocycles. The largest absolute Gasteiger partial charge is 0.271 e. The third-order valence-electron chi connectivity index (χ3n) is 3.21. The molecule has 0 saturated heterocycles. The number of aryl methyl sites for hydroxylation is 2. The van der Waals surface area contributed by atoms with Gasteiger partial charge in [0.05, 0.1) is 5.71 Å². The van der Waals surface area contributed by atoms with Gasteiger partial charge in [0.1, 0.15) is 0 Å². The first kappa shape index (κ1) is 15.3. The van der Waals surface area contributed by atoms with Gasteiger partial charge in [-0.3, -0.25) is 4.79 Å². The number of nitrogens with one attached hydrogen (secondary N) is 1. The molecule has 0 bridgehead atoms. The van der Waals surface area contributed by atoms with Gasteiger partial charge in [0.2, 0.25) is 0 Å². The lowest BCUT2D eigenvalue weighted by Gasteiger charge is -2.07. The highest BCUT2D eigenvalue weighted by atomic mass is 35.5. The molecule has 0 aliphatic rings. The topological polar surface area (TPSA) is 41.5 Å². The van der Waals surface area contributed by atoms with Crippen molar-refractivity contribution in [3.8, 4) is 0 Å². The molecule has 3 nitrogen and oxygen atoms in total. The van der Waals surface area contributed by atoms with Crippen molar-refractivity contribution in [2.24, 2.45) is 5.10 Å². The number of amides is 1. The van der Waals surface area contributed by atoms with Crippen LogP contribution in [0.5, 0.6) is 0 Å². The van der Waals surface area contributed by atoms with E-state index >= 15 is 0 Å². The summed E-state index contributed by atoms with van der Waals surface area (Å²) in [6, 6.07) is 12.8. The van der Waals surface area contributed by atoms with Gasteiger partial charge in [0, 0.05) is 16.1 Å². The molecule has 0 unspecified atom stereocenters. The van der Waals surface area contributed by atoms with Gasteiger partial charge in [0.25, 0.3) is 5.91 Å². The minimum absolute atomic E-state index is 0.253. The van der Waals surface area contributed by atoms with Crippen LogP contribution in [0.1, 0.15) is 34.0 Å². The number of halogens is 1. The lowest BCUT2D eigenvalue weighted by atomic mass is 10.0. The highest BCUT2D eigenvalue weighted by molar-refractivity contribution is 6.30. The summed E-state index contributed by atoms with van der Waals surface area (Å²) in [7, 11) is 0. The van der Waals surface area contributed by atoms with E-state index in [-0.39, 0.29) is 5.91 Å². The Hall–Kier alpha value is -2.13. The number of carbonyl (C=O) groups excluding carboxylic acids is 1. The number of carbonyl (C=O) groups is 1. The normalized spacial score (nSPS) is 11.3. The summed E-state index contributed by atoms with van der Waals surface area (Å²) >= 11 is 5.80. The average molecular weight is 301 g/mol. The fourth-order valence-corrected chi connectivity index (χ4v) is 2.11. The van der Waals surface area contributed by atoms with Gasteiger partial charge in [-0.05, 0) is 56.7 Å². The van der Waals surface area contributed by atoms with Crippen LogP contribution in [0.2, 0.25) is 5.02 Å². The molecular weight excluding hydrogens is 284 g/mol. The number of nitrogens with zero attached hydrogens (tertiary/aromatic N) is 1. The Morgan fingerprint density at radius 1 is 1.10 bits per heavy atom. The molecule has 0 aliphatic carbocycles. The minimum Gasteiger partial charge on any atom is -0.267 e. The zero-order chi connectivity index (χ0) is 15.4. The fraction of sp³-hybridized carbons (Fsp3) is 0.176. The Kier molecular flexibility index (Phi) is 4.76. The number of benzene rings is 2. The first-order valence-electron chi connectivity index (χ1n) is 6.65. The van der Waals surface area contributed by atoms with E-state index in [0.717, 1.165) is 22.4 Å². The summed E-state index contributed by atoms with van der Waals surface area (Å²) in [4.78, 5) is 12.0. The van der Waals surface area contributed by atoms with Crippen LogP contribution in [0.15, 0.2) is 47.6 Å². The second kappa shape index (κ2) is 6.55. The quantitative estimate of drug-likeness (QED) is 0.672. The summed E-state index contributed by atoms with van der Waals surface area (Å²) in [6.45, 7) is 5.93. The molecule has 1 N–H and O–H groups in total. The van der Waals surface area contributed by atoms with Crippen molar-refractivity contribution in [2.75, 3.05) is 0 Å². The van der Waals surface area contributed by atoms with Gasteiger partial charge < -0.3 is 0 Å². The molecule has 21 heavy (non-hydrogen) atoms. The van der Waals surface area contributed by atoms with Crippen molar-refractivity contribution in [3.63, 3.8) is 0 Å². The van der Waals surface area contributed by atoms with Crippen LogP contribution in [0.25, 0.3) is 0 Å². The van der Waals surface area contributed by atoms with Crippen LogP contribution in [0, 0.1) is 13.8 Å². The van der Waals surface area contributed by atoms with Gasteiger partial charge in [-0.15, -0.1) is 0 Å². The molecule has 0 aromatic heterocycles. The van der Waals surface area contributed by atoms with E-state index in [1.807, 2.05) is 26.8 Å². The Labute approximate surface area is 129 Å². The third kappa shape index (κ3) is 3.92. The Bertz CT molecular complexity index is 690. The molecular formula is C17H17ClN2O. The fourth-order valence-electron chi connectivity index (χ4n) is 1.99. The van der Waals surface area contributed by atoms with E-state index in [1.54, 1.807) is 24.3 Å². The van der Waals surface area contributed by atoms with Gasteiger partial charge in [-0.25, -0.2) is 5.43 Å². The number of rotatable bonds is 3. The van der Waals surface area contributed by atoms with Gasteiger partial charge in [-0.1, -0.05) is 29.3 Å². The smallest absolute Gasteiger partial charge is 0.267 e. The molecule has 0 atom stereocenters. The predicted molar refractivity (Wildman–Crippen MR) is 87.0 cm³/mol. The van der Waals surface area contributed by atoms with E-state index in [9.17, 15) is 4.79 Å². The Balaban J connectivity index is 2.14. The molecule has 0 heterocycles. The molecule has 4 heteroatoms. The number of hydrazone groups is 1. The van der Waals surface area contributed by atoms with E-state index in [4.69, 9.17) is 11.6 Å². The maximum absolute atomic E-state index is 12.0. The van der Waals surface area contributed by atoms with Crippen LogP contribution in [0.3, 0.4) is 0 Å². The van der Waals surface area contributed by atoms with Crippen LogP contribution in [-0.4, -0.2) is 11.6 Å². The zero-order valence-corrected chi connectivity index (χ0v) is 13.0. The van der Waals surface area contributed by atoms with E-state index in [1.165, 1.54) is 0 Å². The maximum atomic E-state index is 12.0. The van der Waals surface area contributed by atoms with Crippen molar-refractivity contribution in [1.29, 1.82) is 0 Å². The monoisotopic (exact) mass is 300 g/mol. The first-order valence-corrected chi connectivity index (χ1v) is 7.03. The lowest BCUT2D eigenvalue weighted by molar-refractivity contribution is 0.0955. The van der Waals surface area contributed by atoms with Gasteiger partial charge >= 0.3 is 0 Å². The summed E-state index contributed by atoms with van der Waals surface area (Å²) in [5, 5.41) is 4.78. The SMILES string of the molecule is CC(=NNC(=O)c1ccc(Cl)cc1)c1cc(C)ccc1C. The standard InChI is InChI=1S/C17H17ClN2O/c1-11-4-5-12(2)16(10-11)13(3)19-20-17(21)14-6-8-15(18)9-7-14/h4-10H,1-3H3,(H,20,21). The van der Waals surface area contributed by atoms with E-state index < -0.39 is 0 Å². The van der Waals surface area contributed by atoms with Crippen molar-refractivity contribution in [1.82, 2.24) is 5.43 Å². The Morgan fingerprint density at radius 2 is 1.76 bits per heavy atom. The molecule has 2 aromatic rings. The van der Waals surface area contributed by atoms with Gasteiger partial charge in [-0.2, -0.15) is 5.10 Å². The van der Waals surface area contributed by atoms with Crippen molar-refractivity contribution in [2.45, 2.75) is 20.8 Å². The molecule has 1 amide bonds. The van der Waals surface area contributed by atoms with Crippen molar-refractivity contribution < 1.29 is 4.79 Å². The summed E-state index contributed by atoms with van der Waals surface area (Å²) < 4.78 is 0. The molecule has 0 spiro atoms. The van der Waals surface area contributed by atoms with Gasteiger partial charge in [0.15, 0.2) is 0 Å². The third-order valence-corrected chi connectivity index (χ3v) is 3.47. The van der Waals surface area contributed by atoms with Crippen LogP contribution >= 0.6 is 11.6 Å². The first-order chi connectivity index (χ1) is 9.97. The molecule has 0 fully saturated rings. The minimum atomic E-state index is -0.253. The van der Waals surface area contributed by atoms with Crippen molar-refractivity contribution >= 4 is 23.2 Å². The molecule has 0 radical (unpaired) electrons. The molecule has 0 aliphatic heterocycles. The lowest BCUT2D eigenvalue weighted by Crippen LogP contribution is -2.19. The highest BCUT2D eigenvalue weighted by Gasteiger charge is 2.06. The zero-order valence-electron chi connectivity index (χ0n) is 12.3. The average Bonchev–Trinajstić information content (AvgIpc) is 2.47. The van der Waals surface area contributed by atoms with Crippen LogP contribution < -0.4 is 5.43 Å². The number of hydrogen-bond acceptors (Lipinski definition) is 2.